The summed E-state index contributed by atoms with van der Waals surface area (Å²) in [5, 5.41) is 12.6. The quantitative estimate of drug-likeness (QED) is 0.606. The van der Waals surface area contributed by atoms with Gasteiger partial charge in [-0.3, -0.25) is 9.59 Å². The molecular weight excluding hydrogens is 364 g/mol. The smallest absolute Gasteiger partial charge is 0.256 e. The lowest BCUT2D eigenvalue weighted by atomic mass is 10.0. The number of hydrogen-bond donors (Lipinski definition) is 3. The minimum atomic E-state index is -1.55. The number of benzene rings is 2. The van der Waals surface area contributed by atoms with Crippen molar-refractivity contribution in [2.24, 2.45) is 5.73 Å². The van der Waals surface area contributed by atoms with Crippen molar-refractivity contribution >= 4 is 34.5 Å². The Balaban J connectivity index is 1.97. The molecule has 27 heavy (non-hydrogen) atoms. The highest BCUT2D eigenvalue weighted by Gasteiger charge is 2.34. The molecule has 0 radical (unpaired) electrons. The van der Waals surface area contributed by atoms with Crippen molar-refractivity contribution in [1.29, 1.82) is 0 Å². The lowest BCUT2D eigenvalue weighted by Crippen LogP contribution is -2.57. The second kappa shape index (κ2) is 7.46. The molecule has 0 fully saturated rings. The van der Waals surface area contributed by atoms with E-state index in [4.69, 9.17) is 10.2 Å². The van der Waals surface area contributed by atoms with Crippen LogP contribution in [-0.4, -0.2) is 29.1 Å². The molecule has 0 saturated heterocycles. The summed E-state index contributed by atoms with van der Waals surface area (Å²) in [6.45, 7) is 2.46. The van der Waals surface area contributed by atoms with Crippen LogP contribution in [0.3, 0.4) is 0 Å². The third kappa shape index (κ3) is 3.84. The summed E-state index contributed by atoms with van der Waals surface area (Å²) in [7, 11) is 0. The number of fused-ring (bicyclic) bond motifs is 1. The predicted molar refractivity (Wildman–Crippen MR) is 104 cm³/mol. The van der Waals surface area contributed by atoms with Crippen LogP contribution < -0.4 is 11.1 Å². The predicted octanol–water partition coefficient (Wildman–Crippen LogP) is 2.86. The molecule has 2 aromatic carbocycles. The Morgan fingerprint density at radius 1 is 1.19 bits per heavy atom. The number of aliphatic hydroxyl groups is 1. The fourth-order valence-corrected chi connectivity index (χ4v) is 3.54. The number of aliphatic hydroxyl groups excluding tert-OH is 1. The first-order valence-corrected chi connectivity index (χ1v) is 9.15. The van der Waals surface area contributed by atoms with Gasteiger partial charge in [-0.25, -0.2) is 0 Å². The number of hydrogen-bond acceptors (Lipinski definition) is 5. The maximum absolute atomic E-state index is 12.8. The van der Waals surface area contributed by atoms with Crippen molar-refractivity contribution in [2.75, 3.05) is 6.61 Å². The molecule has 7 heteroatoms. The summed E-state index contributed by atoms with van der Waals surface area (Å²) in [4.78, 5) is 26.4. The SMILES string of the molecule is Cc1oc2ccc(Sc3ccccc3)cc2c1C(=O)N[C@@](C)(CO)C(N)=O. The van der Waals surface area contributed by atoms with Crippen molar-refractivity contribution in [3.63, 3.8) is 0 Å². The summed E-state index contributed by atoms with van der Waals surface area (Å²) in [6.07, 6.45) is 0. The van der Waals surface area contributed by atoms with E-state index in [-0.39, 0.29) is 0 Å². The number of carbonyl (C=O) groups excluding carboxylic acids is 2. The molecule has 0 aliphatic carbocycles. The van der Waals surface area contributed by atoms with Gasteiger partial charge in [0.1, 0.15) is 16.9 Å². The van der Waals surface area contributed by atoms with E-state index < -0.39 is 24.0 Å². The Hall–Kier alpha value is -2.77. The van der Waals surface area contributed by atoms with Crippen LogP contribution in [0.4, 0.5) is 0 Å². The van der Waals surface area contributed by atoms with Crippen molar-refractivity contribution < 1.29 is 19.1 Å². The first-order valence-electron chi connectivity index (χ1n) is 8.33. The van der Waals surface area contributed by atoms with Gasteiger partial charge in [-0.05, 0) is 44.2 Å². The molecule has 1 aromatic heterocycles. The average Bonchev–Trinajstić information content (AvgIpc) is 2.97. The van der Waals surface area contributed by atoms with E-state index in [0.717, 1.165) is 9.79 Å². The van der Waals surface area contributed by atoms with Crippen LogP contribution in [0.25, 0.3) is 11.0 Å². The van der Waals surface area contributed by atoms with E-state index in [9.17, 15) is 14.7 Å². The summed E-state index contributed by atoms with van der Waals surface area (Å²) in [6, 6.07) is 15.5. The fraction of sp³-hybridized carbons (Fsp3) is 0.200. The van der Waals surface area contributed by atoms with E-state index >= 15 is 0 Å². The number of amides is 2. The zero-order valence-corrected chi connectivity index (χ0v) is 15.8. The molecule has 0 bridgehead atoms. The van der Waals surface area contributed by atoms with E-state index in [1.165, 1.54) is 6.92 Å². The molecule has 4 N–H and O–H groups in total. The molecule has 3 aromatic rings. The third-order valence-electron chi connectivity index (χ3n) is 4.29. The molecule has 1 atom stereocenters. The van der Waals surface area contributed by atoms with Gasteiger partial charge in [0.05, 0.1) is 12.2 Å². The van der Waals surface area contributed by atoms with Crippen LogP contribution in [0.2, 0.25) is 0 Å². The van der Waals surface area contributed by atoms with Crippen molar-refractivity contribution in [1.82, 2.24) is 5.32 Å². The van der Waals surface area contributed by atoms with E-state index in [1.54, 1.807) is 18.7 Å². The van der Waals surface area contributed by atoms with E-state index in [0.29, 0.717) is 22.3 Å². The zero-order chi connectivity index (χ0) is 19.6. The van der Waals surface area contributed by atoms with Gasteiger partial charge in [0.2, 0.25) is 5.91 Å². The molecule has 1 heterocycles. The first-order chi connectivity index (χ1) is 12.8. The number of aryl methyl sites for hydroxylation is 1. The van der Waals surface area contributed by atoms with Gasteiger partial charge in [0, 0.05) is 15.2 Å². The van der Waals surface area contributed by atoms with Crippen molar-refractivity contribution in [3.05, 3.63) is 59.9 Å². The molecule has 0 aliphatic heterocycles. The lowest BCUT2D eigenvalue weighted by Gasteiger charge is -2.24. The summed E-state index contributed by atoms with van der Waals surface area (Å²) >= 11 is 1.57. The minimum absolute atomic E-state index is 0.321. The monoisotopic (exact) mass is 384 g/mol. The fourth-order valence-electron chi connectivity index (χ4n) is 2.66. The maximum atomic E-state index is 12.8. The molecule has 0 aliphatic rings. The molecule has 140 valence electrons. The Bertz CT molecular complexity index is 1000. The standard InChI is InChI=1S/C20H20N2O4S/c1-12-17(18(24)22-20(2,11-23)19(21)25)15-10-14(8-9-16(15)26-12)27-13-6-4-3-5-7-13/h3-10,23H,11H2,1-2H3,(H2,21,25)(H,22,24)/t20-/m0/s1. The Morgan fingerprint density at radius 2 is 1.89 bits per heavy atom. The molecule has 6 nitrogen and oxygen atoms in total. The maximum Gasteiger partial charge on any atom is 0.256 e. The Kier molecular flexibility index (Phi) is 5.25. The minimum Gasteiger partial charge on any atom is -0.461 e. The average molecular weight is 384 g/mol. The van der Waals surface area contributed by atoms with Gasteiger partial charge >= 0.3 is 0 Å². The number of nitrogens with one attached hydrogen (secondary N) is 1. The number of nitrogens with two attached hydrogens (primary N) is 1. The number of primary amides is 1. The van der Waals surface area contributed by atoms with E-state index in [2.05, 4.69) is 5.32 Å². The van der Waals surface area contributed by atoms with Crippen LogP contribution in [0.1, 0.15) is 23.0 Å². The van der Waals surface area contributed by atoms with Crippen LogP contribution >= 0.6 is 11.8 Å². The van der Waals surface area contributed by atoms with Crippen LogP contribution in [0.15, 0.2) is 62.7 Å². The van der Waals surface area contributed by atoms with Gasteiger partial charge in [-0.1, -0.05) is 30.0 Å². The topological polar surface area (TPSA) is 106 Å². The molecule has 0 spiro atoms. The summed E-state index contributed by atoms with van der Waals surface area (Å²) in [5.74, 6) is -0.915. The highest BCUT2D eigenvalue weighted by molar-refractivity contribution is 7.99. The molecule has 0 saturated carbocycles. The number of rotatable bonds is 6. The van der Waals surface area contributed by atoms with Crippen molar-refractivity contribution in [3.8, 4) is 0 Å². The van der Waals surface area contributed by atoms with Gasteiger partial charge in [0.15, 0.2) is 0 Å². The molecule has 3 rings (SSSR count). The van der Waals surface area contributed by atoms with Gasteiger partial charge in [-0.15, -0.1) is 0 Å². The first kappa shape index (κ1) is 19.0. The highest BCUT2D eigenvalue weighted by Crippen LogP contribution is 2.33. The second-order valence-corrected chi connectivity index (χ2v) is 7.56. The number of carbonyl (C=O) groups is 2. The highest BCUT2D eigenvalue weighted by atomic mass is 32.2. The number of furan rings is 1. The van der Waals surface area contributed by atoms with Crippen molar-refractivity contribution in [2.45, 2.75) is 29.2 Å². The van der Waals surface area contributed by atoms with Crippen LogP contribution in [0, 0.1) is 6.92 Å². The normalized spacial score (nSPS) is 13.3. The Morgan fingerprint density at radius 3 is 2.52 bits per heavy atom. The lowest BCUT2D eigenvalue weighted by molar-refractivity contribution is -0.124. The molecule has 2 amide bonds. The second-order valence-electron chi connectivity index (χ2n) is 6.41. The zero-order valence-electron chi connectivity index (χ0n) is 15.0. The molecule has 0 unspecified atom stereocenters. The summed E-state index contributed by atoms with van der Waals surface area (Å²) < 4.78 is 5.69. The third-order valence-corrected chi connectivity index (χ3v) is 5.29. The largest absolute Gasteiger partial charge is 0.461 e. The van der Waals surface area contributed by atoms with Crippen LogP contribution in [0.5, 0.6) is 0 Å². The van der Waals surface area contributed by atoms with E-state index in [1.807, 2.05) is 48.5 Å². The van der Waals surface area contributed by atoms with Gasteiger partial charge in [-0.2, -0.15) is 0 Å². The van der Waals surface area contributed by atoms with Gasteiger partial charge in [0.25, 0.3) is 5.91 Å². The van der Waals surface area contributed by atoms with Gasteiger partial charge < -0.3 is 20.6 Å². The van der Waals surface area contributed by atoms with Crippen LogP contribution in [-0.2, 0) is 4.79 Å². The Labute approximate surface area is 160 Å². The summed E-state index contributed by atoms with van der Waals surface area (Å²) in [5.41, 5.74) is 4.64. The molecular formula is C20H20N2O4S.